The van der Waals surface area contributed by atoms with Gasteiger partial charge in [-0.15, -0.1) is 11.6 Å². The van der Waals surface area contributed by atoms with Gasteiger partial charge in [-0.05, 0) is 12.8 Å². The molecule has 1 saturated carbocycles. The lowest BCUT2D eigenvalue weighted by atomic mass is 9.86. The van der Waals surface area contributed by atoms with Crippen molar-refractivity contribution in [3.05, 3.63) is 0 Å². The van der Waals surface area contributed by atoms with Crippen LogP contribution in [0.1, 0.15) is 19.3 Å². The summed E-state index contributed by atoms with van der Waals surface area (Å²) in [5.74, 6) is -0.0174. The molecular formula is C7H11ClN2. The zero-order valence-corrected chi connectivity index (χ0v) is 6.51. The minimum Gasteiger partial charge on any atom is -0.325 e. The molecule has 0 aromatic rings. The van der Waals surface area contributed by atoms with Crippen LogP contribution in [0.3, 0.4) is 0 Å². The first kappa shape index (κ1) is 7.84. The van der Waals surface area contributed by atoms with E-state index in [1.54, 1.807) is 0 Å². The smallest absolute Gasteiger partial charge is 0.0672 e. The normalized spacial score (nSPS) is 40.7. The number of alkyl halides is 1. The molecule has 1 rings (SSSR count). The van der Waals surface area contributed by atoms with Gasteiger partial charge < -0.3 is 5.73 Å². The van der Waals surface area contributed by atoms with E-state index in [9.17, 15) is 0 Å². The fourth-order valence-electron chi connectivity index (χ4n) is 1.32. The van der Waals surface area contributed by atoms with Crippen molar-refractivity contribution in [2.45, 2.75) is 30.7 Å². The van der Waals surface area contributed by atoms with Gasteiger partial charge in [0.1, 0.15) is 0 Å². The fraction of sp³-hybridized carbons (Fsp3) is 0.857. The Labute approximate surface area is 66.0 Å². The standard InChI is InChI=1S/C7H11ClN2/c8-6-3-1-2-5(4-9)7(6)10/h5-7H,1-3,10H2. The summed E-state index contributed by atoms with van der Waals surface area (Å²) in [5, 5.41) is 8.60. The van der Waals surface area contributed by atoms with Gasteiger partial charge in [-0.2, -0.15) is 5.26 Å². The van der Waals surface area contributed by atoms with Crippen LogP contribution in [0.25, 0.3) is 0 Å². The predicted octanol–water partition coefficient (Wildman–Crippen LogP) is 1.24. The van der Waals surface area contributed by atoms with Crippen LogP contribution < -0.4 is 5.73 Å². The third-order valence-electron chi connectivity index (χ3n) is 2.04. The molecule has 3 heteroatoms. The summed E-state index contributed by atoms with van der Waals surface area (Å²) < 4.78 is 0. The van der Waals surface area contributed by atoms with Crippen molar-refractivity contribution < 1.29 is 0 Å². The van der Waals surface area contributed by atoms with Crippen molar-refractivity contribution in [3.8, 4) is 6.07 Å². The molecular weight excluding hydrogens is 148 g/mol. The maximum atomic E-state index is 8.59. The number of hydrogen-bond donors (Lipinski definition) is 1. The molecule has 0 aromatic heterocycles. The third-order valence-corrected chi connectivity index (χ3v) is 2.55. The minimum atomic E-state index is -0.111. The number of nitriles is 1. The molecule has 0 spiro atoms. The van der Waals surface area contributed by atoms with E-state index in [-0.39, 0.29) is 17.3 Å². The summed E-state index contributed by atoms with van der Waals surface area (Å²) in [5.41, 5.74) is 5.68. The number of halogens is 1. The summed E-state index contributed by atoms with van der Waals surface area (Å²) in [6.45, 7) is 0. The molecule has 0 aliphatic heterocycles. The van der Waals surface area contributed by atoms with Crippen molar-refractivity contribution in [3.63, 3.8) is 0 Å². The lowest BCUT2D eigenvalue weighted by Crippen LogP contribution is -2.40. The Kier molecular flexibility index (Phi) is 2.53. The Hall–Kier alpha value is -0.260. The van der Waals surface area contributed by atoms with E-state index in [1.807, 2.05) is 0 Å². The van der Waals surface area contributed by atoms with Crippen LogP contribution in [0.2, 0.25) is 0 Å². The molecule has 2 N–H and O–H groups in total. The van der Waals surface area contributed by atoms with Crippen LogP contribution in [0.4, 0.5) is 0 Å². The highest BCUT2D eigenvalue weighted by Gasteiger charge is 2.28. The van der Waals surface area contributed by atoms with Crippen molar-refractivity contribution >= 4 is 11.6 Å². The van der Waals surface area contributed by atoms with E-state index in [0.29, 0.717) is 0 Å². The van der Waals surface area contributed by atoms with Crippen molar-refractivity contribution in [2.24, 2.45) is 11.7 Å². The lowest BCUT2D eigenvalue weighted by molar-refractivity contribution is 0.375. The predicted molar refractivity (Wildman–Crippen MR) is 40.6 cm³/mol. The molecule has 0 heterocycles. The third kappa shape index (κ3) is 1.42. The molecule has 56 valence electrons. The van der Waals surface area contributed by atoms with E-state index in [4.69, 9.17) is 22.6 Å². The highest BCUT2D eigenvalue weighted by atomic mass is 35.5. The first-order chi connectivity index (χ1) is 4.75. The second kappa shape index (κ2) is 3.23. The molecule has 0 radical (unpaired) electrons. The molecule has 10 heavy (non-hydrogen) atoms. The van der Waals surface area contributed by atoms with Crippen LogP contribution in [0.5, 0.6) is 0 Å². The summed E-state index contributed by atoms with van der Waals surface area (Å²) in [4.78, 5) is 0. The average Bonchev–Trinajstić information content (AvgIpc) is 1.95. The van der Waals surface area contributed by atoms with Gasteiger partial charge in [-0.1, -0.05) is 6.42 Å². The Balaban J connectivity index is 2.53. The molecule has 1 aliphatic rings. The highest BCUT2D eigenvalue weighted by molar-refractivity contribution is 6.21. The van der Waals surface area contributed by atoms with Crippen molar-refractivity contribution in [1.29, 1.82) is 5.26 Å². The Morgan fingerprint density at radius 2 is 2.20 bits per heavy atom. The van der Waals surface area contributed by atoms with Crippen LogP contribution in [-0.4, -0.2) is 11.4 Å². The molecule has 2 nitrogen and oxygen atoms in total. The monoisotopic (exact) mass is 158 g/mol. The quantitative estimate of drug-likeness (QED) is 0.540. The van der Waals surface area contributed by atoms with Crippen LogP contribution in [-0.2, 0) is 0 Å². The SMILES string of the molecule is N#CC1CCCC(Cl)C1N. The number of nitrogens with zero attached hydrogens (tertiary/aromatic N) is 1. The summed E-state index contributed by atoms with van der Waals surface area (Å²) in [7, 11) is 0. The highest BCUT2D eigenvalue weighted by Crippen LogP contribution is 2.26. The molecule has 0 amide bonds. The second-order valence-electron chi connectivity index (χ2n) is 2.76. The van der Waals surface area contributed by atoms with Gasteiger partial charge in [0.05, 0.1) is 12.0 Å². The lowest BCUT2D eigenvalue weighted by Gasteiger charge is -2.27. The minimum absolute atomic E-state index is 0.0124. The molecule has 0 bridgehead atoms. The van der Waals surface area contributed by atoms with Gasteiger partial charge in [-0.3, -0.25) is 0 Å². The van der Waals surface area contributed by atoms with E-state index >= 15 is 0 Å². The Bertz CT molecular complexity index is 152. The average molecular weight is 159 g/mol. The van der Waals surface area contributed by atoms with Crippen LogP contribution in [0.15, 0.2) is 0 Å². The first-order valence-corrected chi connectivity index (χ1v) is 3.98. The molecule has 0 aromatic carbocycles. The van der Waals surface area contributed by atoms with Gasteiger partial charge in [0, 0.05) is 11.4 Å². The number of rotatable bonds is 0. The maximum absolute atomic E-state index is 8.59. The topological polar surface area (TPSA) is 49.8 Å². The van der Waals surface area contributed by atoms with Gasteiger partial charge in [0.2, 0.25) is 0 Å². The summed E-state index contributed by atoms with van der Waals surface area (Å²) >= 11 is 5.86. The van der Waals surface area contributed by atoms with Gasteiger partial charge in [0.25, 0.3) is 0 Å². The molecule has 0 saturated heterocycles. The van der Waals surface area contributed by atoms with E-state index in [1.165, 1.54) is 0 Å². The maximum Gasteiger partial charge on any atom is 0.0672 e. The zero-order chi connectivity index (χ0) is 7.56. The summed E-state index contributed by atoms with van der Waals surface area (Å²) in [6, 6.07) is 2.06. The number of nitrogens with two attached hydrogens (primary N) is 1. The molecule has 1 aliphatic carbocycles. The Morgan fingerprint density at radius 3 is 2.70 bits per heavy atom. The van der Waals surface area contributed by atoms with Crippen molar-refractivity contribution in [1.82, 2.24) is 0 Å². The van der Waals surface area contributed by atoms with Crippen LogP contribution in [0, 0.1) is 17.2 Å². The number of hydrogen-bond acceptors (Lipinski definition) is 2. The van der Waals surface area contributed by atoms with Crippen molar-refractivity contribution in [2.75, 3.05) is 0 Å². The molecule has 3 unspecified atom stereocenters. The van der Waals surface area contributed by atoms with Crippen LogP contribution >= 0.6 is 11.6 Å². The van der Waals surface area contributed by atoms with E-state index in [2.05, 4.69) is 6.07 Å². The largest absolute Gasteiger partial charge is 0.325 e. The molecule has 3 atom stereocenters. The zero-order valence-electron chi connectivity index (χ0n) is 5.76. The van der Waals surface area contributed by atoms with Gasteiger partial charge >= 0.3 is 0 Å². The molecule has 1 fully saturated rings. The first-order valence-electron chi connectivity index (χ1n) is 3.55. The Morgan fingerprint density at radius 1 is 1.50 bits per heavy atom. The van der Waals surface area contributed by atoms with E-state index < -0.39 is 0 Å². The van der Waals surface area contributed by atoms with Gasteiger partial charge in [-0.25, -0.2) is 0 Å². The van der Waals surface area contributed by atoms with E-state index in [0.717, 1.165) is 19.3 Å². The van der Waals surface area contributed by atoms with Gasteiger partial charge in [0.15, 0.2) is 0 Å². The summed E-state index contributed by atoms with van der Waals surface area (Å²) in [6.07, 6.45) is 2.92. The fourth-order valence-corrected chi connectivity index (χ4v) is 1.65. The second-order valence-corrected chi connectivity index (χ2v) is 3.32.